The Morgan fingerprint density at radius 3 is 2.43 bits per heavy atom. The number of carbonyl (C=O) groups is 1. The molecule has 1 amide bonds. The summed E-state index contributed by atoms with van der Waals surface area (Å²) in [5.74, 6) is -0.404. The van der Waals surface area contributed by atoms with Crippen LogP contribution in [0.5, 0.6) is 0 Å². The van der Waals surface area contributed by atoms with Crippen LogP contribution < -0.4 is 10.2 Å². The number of hydrogen-bond donors (Lipinski definition) is 1. The molecule has 0 unspecified atom stereocenters. The molecule has 1 heterocycles. The topological polar surface area (TPSA) is 69.7 Å². The summed E-state index contributed by atoms with van der Waals surface area (Å²) in [7, 11) is -2.42. The van der Waals surface area contributed by atoms with Crippen molar-refractivity contribution in [1.29, 1.82) is 0 Å². The Morgan fingerprint density at radius 2 is 1.79 bits per heavy atom. The Bertz CT molecular complexity index is 926. The largest absolute Gasteiger partial charge is 0.372 e. The summed E-state index contributed by atoms with van der Waals surface area (Å²) in [4.78, 5) is 14.7. The van der Waals surface area contributed by atoms with Crippen LogP contribution in [-0.4, -0.2) is 45.3 Å². The first-order valence-corrected chi connectivity index (χ1v) is 11.0. The van der Waals surface area contributed by atoms with E-state index < -0.39 is 15.9 Å². The number of amides is 1. The third kappa shape index (κ3) is 5.04. The summed E-state index contributed by atoms with van der Waals surface area (Å²) in [6.07, 6.45) is 3.67. The zero-order chi connectivity index (χ0) is 20.1. The van der Waals surface area contributed by atoms with Gasteiger partial charge in [0.25, 0.3) is 0 Å². The Hall–Kier alpha value is -2.09. The van der Waals surface area contributed by atoms with Crippen LogP contribution in [0.4, 0.5) is 11.4 Å². The molecule has 0 spiro atoms. The van der Waals surface area contributed by atoms with Crippen LogP contribution in [0.3, 0.4) is 0 Å². The quantitative estimate of drug-likeness (QED) is 0.773. The van der Waals surface area contributed by atoms with Crippen LogP contribution in [0.1, 0.15) is 19.3 Å². The fraction of sp³-hybridized carbons (Fsp3) is 0.350. The van der Waals surface area contributed by atoms with Crippen molar-refractivity contribution in [3.63, 3.8) is 0 Å². The fourth-order valence-corrected chi connectivity index (χ4v) is 4.63. The molecule has 2 aromatic carbocycles. The lowest BCUT2D eigenvalue weighted by molar-refractivity contribution is -0.116. The van der Waals surface area contributed by atoms with E-state index in [0.29, 0.717) is 10.7 Å². The van der Waals surface area contributed by atoms with Crippen LogP contribution >= 0.6 is 11.6 Å². The van der Waals surface area contributed by atoms with Gasteiger partial charge >= 0.3 is 0 Å². The maximum absolute atomic E-state index is 12.6. The summed E-state index contributed by atoms with van der Waals surface area (Å²) in [5.41, 5.74) is 1.78. The monoisotopic (exact) mass is 421 g/mol. The second kappa shape index (κ2) is 8.94. The van der Waals surface area contributed by atoms with E-state index in [4.69, 9.17) is 11.6 Å². The Labute approximate surface area is 171 Å². The van der Waals surface area contributed by atoms with Gasteiger partial charge < -0.3 is 10.2 Å². The summed E-state index contributed by atoms with van der Waals surface area (Å²) >= 11 is 5.87. The molecule has 0 atom stereocenters. The Kier molecular flexibility index (Phi) is 6.59. The van der Waals surface area contributed by atoms with Crippen molar-refractivity contribution < 1.29 is 13.2 Å². The van der Waals surface area contributed by atoms with E-state index in [0.717, 1.165) is 23.1 Å². The minimum atomic E-state index is -3.79. The van der Waals surface area contributed by atoms with E-state index in [9.17, 15) is 13.2 Å². The predicted molar refractivity (Wildman–Crippen MR) is 112 cm³/mol. The molecule has 0 aliphatic carbocycles. The van der Waals surface area contributed by atoms with E-state index in [1.165, 1.54) is 38.4 Å². The van der Waals surface area contributed by atoms with E-state index in [1.807, 2.05) is 24.3 Å². The summed E-state index contributed by atoms with van der Waals surface area (Å²) in [6, 6.07) is 13.6. The molecule has 2 aromatic rings. The molecule has 1 saturated heterocycles. The van der Waals surface area contributed by atoms with Crippen LogP contribution in [0.2, 0.25) is 5.02 Å². The first-order valence-electron chi connectivity index (χ1n) is 9.23. The molecule has 6 nitrogen and oxygen atoms in total. The van der Waals surface area contributed by atoms with Gasteiger partial charge in [-0.1, -0.05) is 17.7 Å². The lowest BCUT2D eigenvalue weighted by Crippen LogP contribution is -2.35. The van der Waals surface area contributed by atoms with Gasteiger partial charge in [0.2, 0.25) is 15.9 Å². The zero-order valence-corrected chi connectivity index (χ0v) is 17.3. The summed E-state index contributed by atoms with van der Waals surface area (Å²) < 4.78 is 26.2. The number of likely N-dealkylation sites (N-methyl/N-ethyl adjacent to an activating group) is 1. The SMILES string of the molecule is CN(CC(=O)Nc1ccc(N2CCCCC2)cc1)S(=O)(=O)c1cccc(Cl)c1. The minimum absolute atomic E-state index is 0.0567. The number of nitrogens with zero attached hydrogens (tertiary/aromatic N) is 2. The molecule has 1 aliphatic heterocycles. The number of benzene rings is 2. The summed E-state index contributed by atoms with van der Waals surface area (Å²) in [5, 5.41) is 3.07. The molecule has 3 rings (SSSR count). The predicted octanol–water partition coefficient (Wildman–Crippen LogP) is 3.59. The van der Waals surface area contributed by atoms with Crippen molar-refractivity contribution in [3.05, 3.63) is 53.6 Å². The van der Waals surface area contributed by atoms with Crippen LogP contribution in [-0.2, 0) is 14.8 Å². The number of carbonyl (C=O) groups excluding carboxylic acids is 1. The molecule has 0 saturated carbocycles. The van der Waals surface area contributed by atoms with Gasteiger partial charge in [-0.15, -0.1) is 0 Å². The Morgan fingerprint density at radius 1 is 1.11 bits per heavy atom. The van der Waals surface area contributed by atoms with E-state index in [1.54, 1.807) is 12.1 Å². The van der Waals surface area contributed by atoms with Gasteiger partial charge in [0.15, 0.2) is 0 Å². The van der Waals surface area contributed by atoms with Gasteiger partial charge in [-0.25, -0.2) is 8.42 Å². The minimum Gasteiger partial charge on any atom is -0.372 e. The second-order valence-corrected chi connectivity index (χ2v) is 9.34. The van der Waals surface area contributed by atoms with Gasteiger partial charge in [-0.3, -0.25) is 4.79 Å². The number of halogens is 1. The van der Waals surface area contributed by atoms with E-state index >= 15 is 0 Å². The van der Waals surface area contributed by atoms with Crippen molar-refractivity contribution >= 4 is 38.9 Å². The highest BCUT2D eigenvalue weighted by molar-refractivity contribution is 7.89. The lowest BCUT2D eigenvalue weighted by atomic mass is 10.1. The van der Waals surface area contributed by atoms with E-state index in [2.05, 4.69) is 10.2 Å². The van der Waals surface area contributed by atoms with Crippen molar-refractivity contribution in [2.45, 2.75) is 24.2 Å². The molecular formula is C20H24ClN3O3S. The first-order chi connectivity index (χ1) is 13.4. The van der Waals surface area contributed by atoms with Crippen molar-refractivity contribution in [2.24, 2.45) is 0 Å². The molecule has 0 aromatic heterocycles. The highest BCUT2D eigenvalue weighted by atomic mass is 35.5. The normalized spacial score (nSPS) is 14.9. The van der Waals surface area contributed by atoms with E-state index in [-0.39, 0.29) is 11.4 Å². The van der Waals surface area contributed by atoms with Crippen molar-refractivity contribution in [2.75, 3.05) is 36.9 Å². The lowest BCUT2D eigenvalue weighted by Gasteiger charge is -2.28. The van der Waals surface area contributed by atoms with Crippen molar-refractivity contribution in [3.8, 4) is 0 Å². The molecular weight excluding hydrogens is 398 g/mol. The third-order valence-corrected chi connectivity index (χ3v) is 6.78. The summed E-state index contributed by atoms with van der Waals surface area (Å²) in [6.45, 7) is 1.82. The molecule has 1 fully saturated rings. The van der Waals surface area contributed by atoms with Crippen LogP contribution in [0.25, 0.3) is 0 Å². The van der Waals surface area contributed by atoms with Gasteiger partial charge in [-0.2, -0.15) is 4.31 Å². The molecule has 0 bridgehead atoms. The zero-order valence-electron chi connectivity index (χ0n) is 15.8. The Balaban J connectivity index is 1.60. The molecule has 1 aliphatic rings. The number of piperidine rings is 1. The van der Waals surface area contributed by atoms with Gasteiger partial charge in [0.05, 0.1) is 11.4 Å². The molecule has 150 valence electrons. The fourth-order valence-electron chi connectivity index (χ4n) is 3.20. The maximum Gasteiger partial charge on any atom is 0.243 e. The van der Waals surface area contributed by atoms with Gasteiger partial charge in [0.1, 0.15) is 0 Å². The highest BCUT2D eigenvalue weighted by Crippen LogP contribution is 2.22. The number of hydrogen-bond acceptors (Lipinski definition) is 4. The first kappa shape index (κ1) is 20.6. The van der Waals surface area contributed by atoms with Crippen LogP contribution in [0, 0.1) is 0 Å². The third-order valence-electron chi connectivity index (χ3n) is 4.74. The number of nitrogens with one attached hydrogen (secondary N) is 1. The second-order valence-electron chi connectivity index (χ2n) is 6.86. The number of sulfonamides is 1. The number of rotatable bonds is 6. The maximum atomic E-state index is 12.6. The smallest absolute Gasteiger partial charge is 0.243 e. The average Bonchev–Trinajstić information content (AvgIpc) is 2.69. The van der Waals surface area contributed by atoms with Crippen LogP contribution in [0.15, 0.2) is 53.4 Å². The molecule has 1 N–H and O–H groups in total. The average molecular weight is 422 g/mol. The van der Waals surface area contributed by atoms with Gasteiger partial charge in [0, 0.05) is 36.5 Å². The number of anilines is 2. The molecule has 8 heteroatoms. The van der Waals surface area contributed by atoms with Crippen molar-refractivity contribution in [1.82, 2.24) is 4.31 Å². The highest BCUT2D eigenvalue weighted by Gasteiger charge is 2.23. The standard InChI is InChI=1S/C20H24ClN3O3S/c1-23(28(26,27)19-7-5-6-16(21)14-19)15-20(25)22-17-8-10-18(11-9-17)24-12-3-2-4-13-24/h5-11,14H,2-4,12-13,15H2,1H3,(H,22,25). The molecule has 0 radical (unpaired) electrons. The molecule has 28 heavy (non-hydrogen) atoms. The van der Waals surface area contributed by atoms with Gasteiger partial charge in [-0.05, 0) is 61.7 Å².